The summed E-state index contributed by atoms with van der Waals surface area (Å²) in [4.78, 5) is 15.5. The summed E-state index contributed by atoms with van der Waals surface area (Å²) in [5, 5.41) is 0. The Hall–Kier alpha value is -1.42. The first-order valence-corrected chi connectivity index (χ1v) is 8.76. The van der Waals surface area contributed by atoms with Gasteiger partial charge in [-0.1, -0.05) is 0 Å². The summed E-state index contributed by atoms with van der Waals surface area (Å²) >= 11 is 0. The van der Waals surface area contributed by atoms with Crippen LogP contribution in [0.15, 0.2) is 18.5 Å². The molecule has 4 aliphatic rings. The molecular formula is C19H25NO3. The highest BCUT2D eigenvalue weighted by molar-refractivity contribution is 5.51. The molecule has 4 heteroatoms. The summed E-state index contributed by atoms with van der Waals surface area (Å²) in [6.45, 7) is 0.522. The SMILES string of the molecule is COc1ccncc1COC1C2CC3CC(C2)CC1(CC=O)C3. The fourth-order valence-electron chi connectivity index (χ4n) is 5.83. The monoisotopic (exact) mass is 315 g/mol. The van der Waals surface area contributed by atoms with Gasteiger partial charge in [-0.3, -0.25) is 4.98 Å². The summed E-state index contributed by atoms with van der Waals surface area (Å²) in [7, 11) is 1.68. The number of aromatic nitrogens is 1. The number of pyridine rings is 1. The first-order chi connectivity index (χ1) is 11.2. The van der Waals surface area contributed by atoms with Gasteiger partial charge in [0.25, 0.3) is 0 Å². The second kappa shape index (κ2) is 5.90. The highest BCUT2D eigenvalue weighted by Crippen LogP contribution is 2.62. The van der Waals surface area contributed by atoms with Crippen molar-refractivity contribution in [3.63, 3.8) is 0 Å². The molecule has 0 N–H and O–H groups in total. The first-order valence-electron chi connectivity index (χ1n) is 8.76. The first kappa shape index (κ1) is 15.1. The van der Waals surface area contributed by atoms with E-state index < -0.39 is 0 Å². The molecule has 1 aromatic heterocycles. The standard InChI is InChI=1S/C19H25NO3/c1-22-17-2-4-20-11-16(17)12-23-18-15-7-13-6-14(8-15)10-19(18,9-13)3-5-21/h2,4-5,11,13-15,18H,3,6-10,12H2,1H3. The third-order valence-corrected chi connectivity index (χ3v) is 6.35. The van der Waals surface area contributed by atoms with E-state index in [0.29, 0.717) is 18.9 Å². The van der Waals surface area contributed by atoms with Crippen molar-refractivity contribution in [2.24, 2.45) is 23.2 Å². The zero-order valence-electron chi connectivity index (χ0n) is 13.7. The van der Waals surface area contributed by atoms with E-state index in [1.165, 1.54) is 32.1 Å². The quantitative estimate of drug-likeness (QED) is 0.755. The molecule has 1 aromatic rings. The minimum absolute atomic E-state index is 0.0892. The minimum atomic E-state index is 0.0892. The Morgan fingerprint density at radius 2 is 2.09 bits per heavy atom. The zero-order chi connectivity index (χ0) is 15.9. The lowest BCUT2D eigenvalue weighted by molar-refractivity contribution is -0.187. The fourth-order valence-corrected chi connectivity index (χ4v) is 5.83. The summed E-state index contributed by atoms with van der Waals surface area (Å²) < 4.78 is 11.8. The smallest absolute Gasteiger partial charge is 0.127 e. The van der Waals surface area contributed by atoms with Gasteiger partial charge in [0.2, 0.25) is 0 Å². The molecule has 4 aliphatic carbocycles. The molecule has 23 heavy (non-hydrogen) atoms. The van der Waals surface area contributed by atoms with Crippen LogP contribution in [0.5, 0.6) is 5.75 Å². The van der Waals surface area contributed by atoms with Crippen molar-refractivity contribution in [1.29, 1.82) is 0 Å². The van der Waals surface area contributed by atoms with Gasteiger partial charge in [0, 0.05) is 29.8 Å². The maximum Gasteiger partial charge on any atom is 0.127 e. The highest BCUT2D eigenvalue weighted by atomic mass is 16.5. The third-order valence-electron chi connectivity index (χ3n) is 6.35. The molecule has 4 nitrogen and oxygen atoms in total. The van der Waals surface area contributed by atoms with Gasteiger partial charge < -0.3 is 14.3 Å². The van der Waals surface area contributed by atoms with Crippen molar-refractivity contribution < 1.29 is 14.3 Å². The van der Waals surface area contributed by atoms with E-state index in [1.54, 1.807) is 13.3 Å². The predicted molar refractivity (Wildman–Crippen MR) is 86.0 cm³/mol. The average Bonchev–Trinajstić information content (AvgIpc) is 2.54. The Balaban J connectivity index is 1.54. The van der Waals surface area contributed by atoms with Gasteiger partial charge in [-0.25, -0.2) is 0 Å². The number of hydrogen-bond acceptors (Lipinski definition) is 4. The van der Waals surface area contributed by atoms with Gasteiger partial charge in [-0.2, -0.15) is 0 Å². The van der Waals surface area contributed by atoms with Crippen LogP contribution in [-0.4, -0.2) is 24.5 Å². The normalized spacial score (nSPS) is 37.8. The molecule has 0 radical (unpaired) electrons. The number of methoxy groups -OCH3 is 1. The predicted octanol–water partition coefficient (Wildman–Crippen LogP) is 3.39. The molecule has 1 heterocycles. The molecular weight excluding hydrogens is 290 g/mol. The topological polar surface area (TPSA) is 48.4 Å². The van der Waals surface area contributed by atoms with Crippen LogP contribution in [-0.2, 0) is 16.1 Å². The maximum absolute atomic E-state index is 11.3. The Kier molecular flexibility index (Phi) is 3.88. The Morgan fingerprint density at radius 3 is 2.78 bits per heavy atom. The molecule has 0 aromatic carbocycles. The Labute approximate surface area is 137 Å². The van der Waals surface area contributed by atoms with Crippen molar-refractivity contribution in [1.82, 2.24) is 4.98 Å². The summed E-state index contributed by atoms with van der Waals surface area (Å²) in [5.41, 5.74) is 1.08. The van der Waals surface area contributed by atoms with Gasteiger partial charge in [0.1, 0.15) is 12.0 Å². The summed E-state index contributed by atoms with van der Waals surface area (Å²) in [5.74, 6) is 3.09. The van der Waals surface area contributed by atoms with E-state index in [1.807, 2.05) is 12.3 Å². The van der Waals surface area contributed by atoms with Crippen LogP contribution in [0.2, 0.25) is 0 Å². The summed E-state index contributed by atoms with van der Waals surface area (Å²) in [6, 6.07) is 1.87. The molecule has 0 amide bonds. The molecule has 0 spiro atoms. The van der Waals surface area contributed by atoms with E-state index in [9.17, 15) is 4.79 Å². The average molecular weight is 315 g/mol. The molecule has 0 saturated heterocycles. The van der Waals surface area contributed by atoms with Gasteiger partial charge in [-0.05, 0) is 55.9 Å². The largest absolute Gasteiger partial charge is 0.496 e. The lowest BCUT2D eigenvalue weighted by atomic mass is 9.47. The highest BCUT2D eigenvalue weighted by Gasteiger charge is 2.57. The van der Waals surface area contributed by atoms with E-state index in [-0.39, 0.29) is 11.5 Å². The van der Waals surface area contributed by atoms with Crippen LogP contribution in [0.3, 0.4) is 0 Å². The van der Waals surface area contributed by atoms with E-state index in [0.717, 1.165) is 29.4 Å². The number of hydrogen-bond donors (Lipinski definition) is 0. The van der Waals surface area contributed by atoms with Crippen molar-refractivity contribution >= 4 is 6.29 Å². The molecule has 4 bridgehead atoms. The van der Waals surface area contributed by atoms with Crippen molar-refractivity contribution in [3.8, 4) is 5.75 Å². The second-order valence-corrected chi connectivity index (χ2v) is 7.76. The van der Waals surface area contributed by atoms with Crippen LogP contribution in [0.1, 0.15) is 44.1 Å². The van der Waals surface area contributed by atoms with E-state index >= 15 is 0 Å². The Bertz CT molecular complexity index is 574. The number of rotatable bonds is 6. The minimum Gasteiger partial charge on any atom is -0.496 e. The molecule has 4 saturated carbocycles. The Morgan fingerprint density at radius 1 is 1.30 bits per heavy atom. The molecule has 3 unspecified atom stereocenters. The lowest BCUT2D eigenvalue weighted by Crippen LogP contribution is -2.56. The number of ether oxygens (including phenoxy) is 2. The molecule has 4 fully saturated rings. The molecule has 5 rings (SSSR count). The molecule has 3 atom stereocenters. The van der Waals surface area contributed by atoms with Gasteiger partial charge in [0.05, 0.1) is 19.8 Å². The van der Waals surface area contributed by atoms with E-state index in [2.05, 4.69) is 4.98 Å². The lowest BCUT2D eigenvalue weighted by Gasteiger charge is -2.60. The van der Waals surface area contributed by atoms with Gasteiger partial charge in [-0.15, -0.1) is 0 Å². The number of aldehydes is 1. The van der Waals surface area contributed by atoms with Crippen LogP contribution in [0, 0.1) is 23.2 Å². The zero-order valence-corrected chi connectivity index (χ0v) is 13.7. The van der Waals surface area contributed by atoms with Crippen molar-refractivity contribution in [2.45, 2.75) is 51.2 Å². The number of nitrogens with zero attached hydrogens (tertiary/aromatic N) is 1. The van der Waals surface area contributed by atoms with Crippen LogP contribution in [0.4, 0.5) is 0 Å². The van der Waals surface area contributed by atoms with Gasteiger partial charge in [0.15, 0.2) is 0 Å². The van der Waals surface area contributed by atoms with Crippen LogP contribution in [0.25, 0.3) is 0 Å². The maximum atomic E-state index is 11.3. The number of carbonyl (C=O) groups excluding carboxylic acids is 1. The third kappa shape index (κ3) is 2.57. The summed E-state index contributed by atoms with van der Waals surface area (Å²) in [6.07, 6.45) is 11.8. The second-order valence-electron chi connectivity index (χ2n) is 7.76. The van der Waals surface area contributed by atoms with Gasteiger partial charge >= 0.3 is 0 Å². The van der Waals surface area contributed by atoms with Crippen LogP contribution >= 0.6 is 0 Å². The van der Waals surface area contributed by atoms with Crippen molar-refractivity contribution in [2.75, 3.05) is 7.11 Å². The van der Waals surface area contributed by atoms with E-state index in [4.69, 9.17) is 9.47 Å². The molecule has 0 aliphatic heterocycles. The molecule has 124 valence electrons. The number of carbonyl (C=O) groups is 1. The van der Waals surface area contributed by atoms with Crippen molar-refractivity contribution in [3.05, 3.63) is 24.0 Å². The fraction of sp³-hybridized carbons (Fsp3) is 0.684. The van der Waals surface area contributed by atoms with Crippen LogP contribution < -0.4 is 4.74 Å².